The zero-order valence-corrected chi connectivity index (χ0v) is 7.72. The van der Waals surface area contributed by atoms with Crippen molar-refractivity contribution in [3.05, 3.63) is 12.7 Å². The molecule has 0 bridgehead atoms. The zero-order valence-electron chi connectivity index (χ0n) is 7.72. The standard InChI is InChI=1S/C9H13NO4/c1-2-3-7(9(13)14)10-5-6(11)4-8(10)12/h2,6-7,11H,1,3-5H2,(H,13,14). The van der Waals surface area contributed by atoms with Crippen LogP contribution in [0.1, 0.15) is 12.8 Å². The Morgan fingerprint density at radius 2 is 2.43 bits per heavy atom. The van der Waals surface area contributed by atoms with Gasteiger partial charge in [-0.05, 0) is 6.42 Å². The quantitative estimate of drug-likeness (QED) is 0.604. The molecule has 0 aromatic heterocycles. The van der Waals surface area contributed by atoms with Crippen LogP contribution in [0.25, 0.3) is 0 Å². The molecular formula is C9H13NO4. The third kappa shape index (κ3) is 2.11. The van der Waals surface area contributed by atoms with Crippen molar-refractivity contribution in [1.82, 2.24) is 4.90 Å². The van der Waals surface area contributed by atoms with Gasteiger partial charge in [0.15, 0.2) is 0 Å². The van der Waals surface area contributed by atoms with Crippen LogP contribution >= 0.6 is 0 Å². The van der Waals surface area contributed by atoms with Gasteiger partial charge in [-0.25, -0.2) is 4.79 Å². The van der Waals surface area contributed by atoms with E-state index in [4.69, 9.17) is 5.11 Å². The molecule has 1 amide bonds. The molecule has 0 aliphatic carbocycles. The summed E-state index contributed by atoms with van der Waals surface area (Å²) >= 11 is 0. The van der Waals surface area contributed by atoms with Gasteiger partial charge in [-0.3, -0.25) is 4.79 Å². The number of hydrogen-bond donors (Lipinski definition) is 2. The van der Waals surface area contributed by atoms with Crippen LogP contribution in [0.15, 0.2) is 12.7 Å². The first-order valence-corrected chi connectivity index (χ1v) is 4.37. The second kappa shape index (κ2) is 4.23. The van der Waals surface area contributed by atoms with Gasteiger partial charge in [0.2, 0.25) is 5.91 Å². The minimum atomic E-state index is -1.06. The van der Waals surface area contributed by atoms with Crippen molar-refractivity contribution in [1.29, 1.82) is 0 Å². The van der Waals surface area contributed by atoms with Crippen LogP contribution in [0.4, 0.5) is 0 Å². The Hall–Kier alpha value is -1.36. The molecule has 0 aromatic carbocycles. The summed E-state index contributed by atoms with van der Waals surface area (Å²) in [4.78, 5) is 23.3. The Balaban J connectivity index is 2.73. The summed E-state index contributed by atoms with van der Waals surface area (Å²) < 4.78 is 0. The van der Waals surface area contributed by atoms with Gasteiger partial charge in [0, 0.05) is 6.54 Å². The molecule has 0 saturated carbocycles. The number of carboxylic acids is 1. The lowest BCUT2D eigenvalue weighted by molar-refractivity contribution is -0.148. The topological polar surface area (TPSA) is 77.8 Å². The number of rotatable bonds is 4. The van der Waals surface area contributed by atoms with Crippen molar-refractivity contribution < 1.29 is 19.8 Å². The monoisotopic (exact) mass is 199 g/mol. The SMILES string of the molecule is C=CCC(C(=O)O)N1CC(O)CC1=O. The second-order valence-corrected chi connectivity index (χ2v) is 3.28. The summed E-state index contributed by atoms with van der Waals surface area (Å²) in [6.07, 6.45) is 0.931. The van der Waals surface area contributed by atoms with Gasteiger partial charge in [0.1, 0.15) is 6.04 Å². The summed E-state index contributed by atoms with van der Waals surface area (Å²) in [5.74, 6) is -1.38. The van der Waals surface area contributed by atoms with Gasteiger partial charge in [-0.2, -0.15) is 0 Å². The van der Waals surface area contributed by atoms with E-state index in [1.165, 1.54) is 11.0 Å². The number of aliphatic hydroxyl groups excluding tert-OH is 1. The molecular weight excluding hydrogens is 186 g/mol. The molecule has 5 nitrogen and oxygen atoms in total. The normalized spacial score (nSPS) is 23.6. The molecule has 2 N–H and O–H groups in total. The molecule has 1 aliphatic heterocycles. The van der Waals surface area contributed by atoms with E-state index < -0.39 is 18.1 Å². The fourth-order valence-corrected chi connectivity index (χ4v) is 1.53. The molecule has 0 radical (unpaired) electrons. The Labute approximate surface area is 81.6 Å². The van der Waals surface area contributed by atoms with Crippen LogP contribution in [-0.4, -0.2) is 45.7 Å². The number of amides is 1. The largest absolute Gasteiger partial charge is 0.480 e. The Bertz CT molecular complexity index is 264. The number of carbonyl (C=O) groups excluding carboxylic acids is 1. The van der Waals surface area contributed by atoms with Gasteiger partial charge < -0.3 is 15.1 Å². The molecule has 1 heterocycles. The van der Waals surface area contributed by atoms with Crippen LogP contribution < -0.4 is 0 Å². The van der Waals surface area contributed by atoms with Gasteiger partial charge in [-0.1, -0.05) is 6.08 Å². The minimum Gasteiger partial charge on any atom is -0.480 e. The fraction of sp³-hybridized carbons (Fsp3) is 0.556. The predicted octanol–water partition coefficient (Wildman–Crippen LogP) is -0.391. The number of carboxylic acid groups (broad SMARTS) is 1. The number of aliphatic hydroxyl groups is 1. The summed E-state index contributed by atoms with van der Waals surface area (Å²) in [5.41, 5.74) is 0. The molecule has 1 fully saturated rings. The lowest BCUT2D eigenvalue weighted by Crippen LogP contribution is -2.42. The smallest absolute Gasteiger partial charge is 0.326 e. The molecule has 5 heteroatoms. The molecule has 14 heavy (non-hydrogen) atoms. The average Bonchev–Trinajstić information content (AvgIpc) is 2.40. The average molecular weight is 199 g/mol. The molecule has 2 unspecified atom stereocenters. The predicted molar refractivity (Wildman–Crippen MR) is 48.6 cm³/mol. The maximum Gasteiger partial charge on any atom is 0.326 e. The van der Waals surface area contributed by atoms with E-state index in [1.54, 1.807) is 0 Å². The summed E-state index contributed by atoms with van der Waals surface area (Å²) in [6.45, 7) is 3.54. The van der Waals surface area contributed by atoms with Crippen molar-refractivity contribution in [3.63, 3.8) is 0 Å². The first kappa shape index (κ1) is 10.7. The molecule has 1 aliphatic rings. The zero-order chi connectivity index (χ0) is 10.7. The Morgan fingerprint density at radius 1 is 1.79 bits per heavy atom. The first-order valence-electron chi connectivity index (χ1n) is 4.37. The van der Waals surface area contributed by atoms with E-state index >= 15 is 0 Å². The van der Waals surface area contributed by atoms with Crippen LogP contribution in [-0.2, 0) is 9.59 Å². The number of aliphatic carboxylic acids is 1. The summed E-state index contributed by atoms with van der Waals surface area (Å²) in [5, 5.41) is 18.0. The van der Waals surface area contributed by atoms with Crippen LogP contribution in [0.3, 0.4) is 0 Å². The van der Waals surface area contributed by atoms with Crippen molar-refractivity contribution in [2.75, 3.05) is 6.54 Å². The van der Waals surface area contributed by atoms with E-state index in [0.717, 1.165) is 0 Å². The van der Waals surface area contributed by atoms with Gasteiger partial charge in [0.05, 0.1) is 12.5 Å². The van der Waals surface area contributed by atoms with Crippen LogP contribution in [0.2, 0.25) is 0 Å². The Morgan fingerprint density at radius 3 is 2.79 bits per heavy atom. The summed E-state index contributed by atoms with van der Waals surface area (Å²) in [7, 11) is 0. The number of likely N-dealkylation sites (tertiary alicyclic amines) is 1. The molecule has 1 saturated heterocycles. The molecule has 78 valence electrons. The van der Waals surface area contributed by atoms with Gasteiger partial charge >= 0.3 is 5.97 Å². The highest BCUT2D eigenvalue weighted by molar-refractivity contribution is 5.85. The van der Waals surface area contributed by atoms with E-state index in [2.05, 4.69) is 6.58 Å². The highest BCUT2D eigenvalue weighted by Crippen LogP contribution is 2.16. The van der Waals surface area contributed by atoms with Crippen molar-refractivity contribution in [3.8, 4) is 0 Å². The molecule has 0 aromatic rings. The van der Waals surface area contributed by atoms with E-state index in [1.807, 2.05) is 0 Å². The van der Waals surface area contributed by atoms with E-state index in [9.17, 15) is 14.7 Å². The molecule has 0 spiro atoms. The number of nitrogens with zero attached hydrogens (tertiary/aromatic N) is 1. The van der Waals surface area contributed by atoms with E-state index in [0.29, 0.717) is 0 Å². The maximum absolute atomic E-state index is 11.3. The molecule has 1 rings (SSSR count). The van der Waals surface area contributed by atoms with Crippen LogP contribution in [0.5, 0.6) is 0 Å². The maximum atomic E-state index is 11.3. The highest BCUT2D eigenvalue weighted by Gasteiger charge is 2.36. The third-order valence-corrected chi connectivity index (χ3v) is 2.19. The number of β-amino-alcohol motifs (C(OH)–C–C–N with tert-alkyl or cyclic N) is 1. The first-order chi connectivity index (χ1) is 6.56. The number of carbonyl (C=O) groups is 2. The minimum absolute atomic E-state index is 0.0148. The summed E-state index contributed by atoms with van der Waals surface area (Å²) in [6, 6.07) is -0.892. The highest BCUT2D eigenvalue weighted by atomic mass is 16.4. The number of hydrogen-bond acceptors (Lipinski definition) is 3. The van der Waals surface area contributed by atoms with Crippen molar-refractivity contribution in [2.24, 2.45) is 0 Å². The van der Waals surface area contributed by atoms with Crippen LogP contribution in [0, 0.1) is 0 Å². The Kier molecular flexibility index (Phi) is 3.24. The van der Waals surface area contributed by atoms with Crippen molar-refractivity contribution >= 4 is 11.9 Å². The second-order valence-electron chi connectivity index (χ2n) is 3.28. The fourth-order valence-electron chi connectivity index (χ4n) is 1.53. The van der Waals surface area contributed by atoms with Gasteiger partial charge in [-0.15, -0.1) is 6.58 Å². The lowest BCUT2D eigenvalue weighted by Gasteiger charge is -2.22. The third-order valence-electron chi connectivity index (χ3n) is 2.19. The van der Waals surface area contributed by atoms with E-state index in [-0.39, 0.29) is 25.3 Å². The molecule has 2 atom stereocenters. The van der Waals surface area contributed by atoms with Gasteiger partial charge in [0.25, 0.3) is 0 Å². The lowest BCUT2D eigenvalue weighted by atomic mass is 10.2. The van der Waals surface area contributed by atoms with Crippen molar-refractivity contribution in [2.45, 2.75) is 25.0 Å².